The van der Waals surface area contributed by atoms with Crippen molar-refractivity contribution in [3.05, 3.63) is 29.3 Å². The lowest BCUT2D eigenvalue weighted by atomic mass is 9.95. The Kier molecular flexibility index (Phi) is 7.76. The van der Waals surface area contributed by atoms with Gasteiger partial charge in [0.2, 0.25) is 0 Å². The molecule has 21 heavy (non-hydrogen) atoms. The molecule has 0 heterocycles. The van der Waals surface area contributed by atoms with E-state index in [0.29, 0.717) is 25.1 Å². The predicted octanol–water partition coefficient (Wildman–Crippen LogP) is 3.46. The monoisotopic (exact) mass is 293 g/mol. The molecule has 1 rings (SSSR count). The minimum atomic E-state index is -0.485. The number of aryl methyl sites for hydroxylation is 2. The van der Waals surface area contributed by atoms with E-state index < -0.39 is 6.10 Å². The van der Waals surface area contributed by atoms with Crippen LogP contribution in [0.2, 0.25) is 0 Å². The van der Waals surface area contributed by atoms with E-state index in [2.05, 4.69) is 32.2 Å². The van der Waals surface area contributed by atoms with Gasteiger partial charge in [-0.15, -0.1) is 0 Å². The lowest BCUT2D eigenvalue weighted by Gasteiger charge is -2.24. The molecule has 0 amide bonds. The Hall–Kier alpha value is -1.06. The highest BCUT2D eigenvalue weighted by Gasteiger charge is 2.14. The standard InChI is InChI=1S/C18H31NO2/c1-6-16(7-2)15(5)19-11-17(20)12-21-18-10-13(3)8-9-14(18)4/h8-10,15-17,19-20H,6-7,11-12H2,1-5H3. The summed E-state index contributed by atoms with van der Waals surface area (Å²) in [6.07, 6.45) is 1.85. The molecule has 2 atom stereocenters. The second-order valence-corrected chi connectivity index (χ2v) is 6.01. The molecular weight excluding hydrogens is 262 g/mol. The van der Waals surface area contributed by atoms with Crippen LogP contribution in [0, 0.1) is 19.8 Å². The first-order valence-electron chi connectivity index (χ1n) is 8.09. The molecule has 0 radical (unpaired) electrons. The van der Waals surface area contributed by atoms with Gasteiger partial charge < -0.3 is 15.2 Å². The summed E-state index contributed by atoms with van der Waals surface area (Å²) in [6, 6.07) is 6.56. The fraction of sp³-hybridized carbons (Fsp3) is 0.667. The van der Waals surface area contributed by atoms with Crippen molar-refractivity contribution in [2.75, 3.05) is 13.2 Å². The van der Waals surface area contributed by atoms with Gasteiger partial charge in [0, 0.05) is 12.6 Å². The van der Waals surface area contributed by atoms with Gasteiger partial charge in [-0.1, -0.05) is 38.8 Å². The zero-order chi connectivity index (χ0) is 15.8. The molecule has 0 aliphatic heterocycles. The molecule has 3 heteroatoms. The number of nitrogens with one attached hydrogen (secondary N) is 1. The summed E-state index contributed by atoms with van der Waals surface area (Å²) in [7, 11) is 0. The summed E-state index contributed by atoms with van der Waals surface area (Å²) in [4.78, 5) is 0. The van der Waals surface area contributed by atoms with Crippen LogP contribution >= 0.6 is 0 Å². The molecule has 0 fully saturated rings. The van der Waals surface area contributed by atoms with Crippen molar-refractivity contribution in [3.63, 3.8) is 0 Å². The number of hydrogen-bond acceptors (Lipinski definition) is 3. The first kappa shape index (κ1) is 18.0. The van der Waals surface area contributed by atoms with Crippen LogP contribution in [0.15, 0.2) is 18.2 Å². The number of aliphatic hydroxyl groups excluding tert-OH is 1. The molecule has 0 aromatic heterocycles. The number of benzene rings is 1. The smallest absolute Gasteiger partial charge is 0.122 e. The summed E-state index contributed by atoms with van der Waals surface area (Å²) in [5, 5.41) is 13.5. The molecule has 3 nitrogen and oxygen atoms in total. The molecule has 2 unspecified atom stereocenters. The molecular formula is C18H31NO2. The molecule has 120 valence electrons. The fourth-order valence-electron chi connectivity index (χ4n) is 2.59. The largest absolute Gasteiger partial charge is 0.491 e. The Labute approximate surface area is 129 Å². The van der Waals surface area contributed by atoms with Crippen molar-refractivity contribution >= 4 is 0 Å². The van der Waals surface area contributed by atoms with Crippen LogP contribution in [0.5, 0.6) is 5.75 Å². The number of aliphatic hydroxyl groups is 1. The maximum Gasteiger partial charge on any atom is 0.122 e. The maximum atomic E-state index is 10.1. The van der Waals surface area contributed by atoms with E-state index in [-0.39, 0.29) is 0 Å². The molecule has 0 aliphatic carbocycles. The molecule has 1 aromatic rings. The molecule has 0 saturated carbocycles. The molecule has 1 aromatic carbocycles. The second kappa shape index (κ2) is 9.06. The van der Waals surface area contributed by atoms with Crippen molar-refractivity contribution in [1.82, 2.24) is 5.32 Å². The van der Waals surface area contributed by atoms with Gasteiger partial charge in [-0.05, 0) is 43.9 Å². The molecule has 0 bridgehead atoms. The summed E-state index contributed by atoms with van der Waals surface area (Å²) in [6.45, 7) is 11.6. The van der Waals surface area contributed by atoms with Crippen molar-refractivity contribution in [2.45, 2.75) is 59.6 Å². The van der Waals surface area contributed by atoms with E-state index in [1.54, 1.807) is 0 Å². The predicted molar refractivity (Wildman–Crippen MR) is 89.0 cm³/mol. The van der Waals surface area contributed by atoms with Crippen LogP contribution < -0.4 is 10.1 Å². The van der Waals surface area contributed by atoms with Crippen molar-refractivity contribution in [3.8, 4) is 5.75 Å². The third-order valence-corrected chi connectivity index (χ3v) is 4.21. The summed E-state index contributed by atoms with van der Waals surface area (Å²) >= 11 is 0. The van der Waals surface area contributed by atoms with Crippen LogP contribution in [0.25, 0.3) is 0 Å². The van der Waals surface area contributed by atoms with E-state index >= 15 is 0 Å². The molecule has 0 saturated heterocycles. The highest BCUT2D eigenvalue weighted by Crippen LogP contribution is 2.19. The minimum absolute atomic E-state index is 0.326. The zero-order valence-corrected chi connectivity index (χ0v) is 14.1. The second-order valence-electron chi connectivity index (χ2n) is 6.01. The minimum Gasteiger partial charge on any atom is -0.491 e. The zero-order valence-electron chi connectivity index (χ0n) is 14.1. The van der Waals surface area contributed by atoms with Crippen molar-refractivity contribution < 1.29 is 9.84 Å². The topological polar surface area (TPSA) is 41.5 Å². The Morgan fingerprint density at radius 3 is 2.48 bits per heavy atom. The van der Waals surface area contributed by atoms with Crippen LogP contribution in [-0.2, 0) is 0 Å². The highest BCUT2D eigenvalue weighted by atomic mass is 16.5. The maximum absolute atomic E-state index is 10.1. The van der Waals surface area contributed by atoms with Gasteiger partial charge in [-0.2, -0.15) is 0 Å². The third kappa shape index (κ3) is 6.06. The number of ether oxygens (including phenoxy) is 1. The molecule has 0 spiro atoms. The normalized spacial score (nSPS) is 14.2. The van der Waals surface area contributed by atoms with E-state index in [9.17, 15) is 5.11 Å². The van der Waals surface area contributed by atoms with E-state index in [1.807, 2.05) is 26.0 Å². The third-order valence-electron chi connectivity index (χ3n) is 4.21. The van der Waals surface area contributed by atoms with Crippen LogP contribution in [-0.4, -0.2) is 30.4 Å². The van der Waals surface area contributed by atoms with Gasteiger partial charge in [0.25, 0.3) is 0 Å². The highest BCUT2D eigenvalue weighted by molar-refractivity contribution is 5.35. The molecule has 0 aliphatic rings. The lowest BCUT2D eigenvalue weighted by Crippen LogP contribution is -2.40. The SMILES string of the molecule is CCC(CC)C(C)NCC(O)COc1cc(C)ccc1C. The number of hydrogen-bond donors (Lipinski definition) is 2. The average molecular weight is 293 g/mol. The Bertz CT molecular complexity index is 416. The Balaban J connectivity index is 2.37. The van der Waals surface area contributed by atoms with Gasteiger partial charge in [-0.3, -0.25) is 0 Å². The van der Waals surface area contributed by atoms with Gasteiger partial charge in [0.05, 0.1) is 0 Å². The summed E-state index contributed by atoms with van der Waals surface area (Å²) in [5.41, 5.74) is 2.27. The van der Waals surface area contributed by atoms with Crippen molar-refractivity contribution in [1.29, 1.82) is 0 Å². The van der Waals surface area contributed by atoms with E-state index in [0.717, 1.165) is 11.3 Å². The van der Waals surface area contributed by atoms with Crippen LogP contribution in [0.3, 0.4) is 0 Å². The van der Waals surface area contributed by atoms with Gasteiger partial charge >= 0.3 is 0 Å². The summed E-state index contributed by atoms with van der Waals surface area (Å²) in [5.74, 6) is 1.53. The average Bonchev–Trinajstić information content (AvgIpc) is 2.47. The summed E-state index contributed by atoms with van der Waals surface area (Å²) < 4.78 is 5.73. The lowest BCUT2D eigenvalue weighted by molar-refractivity contribution is 0.101. The Morgan fingerprint density at radius 2 is 1.86 bits per heavy atom. The molecule has 2 N–H and O–H groups in total. The van der Waals surface area contributed by atoms with Gasteiger partial charge in [-0.25, -0.2) is 0 Å². The Morgan fingerprint density at radius 1 is 1.19 bits per heavy atom. The van der Waals surface area contributed by atoms with Crippen LogP contribution in [0.4, 0.5) is 0 Å². The number of rotatable bonds is 9. The first-order chi connectivity index (χ1) is 9.97. The van der Waals surface area contributed by atoms with Gasteiger partial charge in [0.15, 0.2) is 0 Å². The van der Waals surface area contributed by atoms with Crippen LogP contribution in [0.1, 0.15) is 44.7 Å². The van der Waals surface area contributed by atoms with Gasteiger partial charge in [0.1, 0.15) is 18.5 Å². The first-order valence-corrected chi connectivity index (χ1v) is 8.09. The quantitative estimate of drug-likeness (QED) is 0.732. The van der Waals surface area contributed by atoms with E-state index in [1.165, 1.54) is 18.4 Å². The van der Waals surface area contributed by atoms with Crippen molar-refractivity contribution in [2.24, 2.45) is 5.92 Å². The van der Waals surface area contributed by atoms with E-state index in [4.69, 9.17) is 4.74 Å². The fourth-order valence-corrected chi connectivity index (χ4v) is 2.59.